The maximum absolute atomic E-state index is 11.8. The highest BCUT2D eigenvalue weighted by Crippen LogP contribution is 2.14. The zero-order valence-electron chi connectivity index (χ0n) is 12.4. The number of carbonyl (C=O) groups excluding carboxylic acids is 2. The highest BCUT2D eigenvalue weighted by molar-refractivity contribution is 6.30. The first-order valence-corrected chi connectivity index (χ1v) is 7.13. The smallest absolute Gasteiger partial charge is 0.338 e. The molecule has 0 bridgehead atoms. The van der Waals surface area contributed by atoms with Crippen molar-refractivity contribution in [1.82, 2.24) is 0 Å². The Bertz CT molecular complexity index is 713. The van der Waals surface area contributed by atoms with Crippen molar-refractivity contribution in [2.45, 2.75) is 13.8 Å². The van der Waals surface area contributed by atoms with Crippen molar-refractivity contribution in [3.8, 4) is 0 Å². The second-order valence-corrected chi connectivity index (χ2v) is 5.37. The third-order valence-corrected chi connectivity index (χ3v) is 3.42. The van der Waals surface area contributed by atoms with Crippen LogP contribution in [-0.2, 0) is 9.53 Å². The Labute approximate surface area is 134 Å². The van der Waals surface area contributed by atoms with E-state index in [0.29, 0.717) is 16.3 Å². The van der Waals surface area contributed by atoms with Crippen LogP contribution >= 0.6 is 11.6 Å². The van der Waals surface area contributed by atoms with Crippen molar-refractivity contribution < 1.29 is 14.3 Å². The Morgan fingerprint density at radius 2 is 1.86 bits per heavy atom. The highest BCUT2D eigenvalue weighted by Gasteiger charge is 2.11. The lowest BCUT2D eigenvalue weighted by molar-refractivity contribution is -0.119. The second-order valence-electron chi connectivity index (χ2n) is 4.93. The molecule has 5 heteroatoms. The van der Waals surface area contributed by atoms with Gasteiger partial charge in [-0.1, -0.05) is 23.7 Å². The number of aryl methyl sites for hydroxylation is 2. The molecular formula is C17H16ClNO3. The number of benzene rings is 2. The number of esters is 1. The Balaban J connectivity index is 1.90. The van der Waals surface area contributed by atoms with Crippen LogP contribution in [0.5, 0.6) is 0 Å². The zero-order valence-corrected chi connectivity index (χ0v) is 13.1. The van der Waals surface area contributed by atoms with E-state index in [1.165, 1.54) is 6.07 Å². The monoisotopic (exact) mass is 317 g/mol. The molecule has 4 nitrogen and oxygen atoms in total. The number of rotatable bonds is 4. The number of carbonyl (C=O) groups is 2. The molecule has 0 aliphatic carbocycles. The van der Waals surface area contributed by atoms with E-state index in [4.69, 9.17) is 16.3 Å². The molecule has 0 aliphatic rings. The molecule has 0 atom stereocenters. The number of nitrogens with one attached hydrogen (secondary N) is 1. The largest absolute Gasteiger partial charge is 0.452 e. The molecule has 0 radical (unpaired) electrons. The lowest BCUT2D eigenvalue weighted by Gasteiger charge is -2.08. The number of ether oxygens (including phenoxy) is 1. The number of hydrogen-bond acceptors (Lipinski definition) is 3. The Morgan fingerprint density at radius 3 is 2.55 bits per heavy atom. The summed E-state index contributed by atoms with van der Waals surface area (Å²) in [5.74, 6) is -0.976. The predicted octanol–water partition coefficient (Wildman–Crippen LogP) is 3.75. The van der Waals surface area contributed by atoms with Crippen LogP contribution in [-0.4, -0.2) is 18.5 Å². The molecule has 0 aliphatic heterocycles. The molecular weight excluding hydrogens is 302 g/mol. The second kappa shape index (κ2) is 7.09. The van der Waals surface area contributed by atoms with Crippen LogP contribution in [0.3, 0.4) is 0 Å². The van der Waals surface area contributed by atoms with E-state index in [1.807, 2.05) is 26.0 Å². The van der Waals surface area contributed by atoms with Gasteiger partial charge in [0.05, 0.1) is 5.56 Å². The third kappa shape index (κ3) is 4.33. The van der Waals surface area contributed by atoms with Crippen LogP contribution in [0.25, 0.3) is 0 Å². The van der Waals surface area contributed by atoms with E-state index >= 15 is 0 Å². The fraction of sp³-hybridized carbons (Fsp3) is 0.176. The molecule has 0 aromatic heterocycles. The average molecular weight is 318 g/mol. The van der Waals surface area contributed by atoms with E-state index in [9.17, 15) is 9.59 Å². The van der Waals surface area contributed by atoms with Gasteiger partial charge in [-0.05, 0) is 55.3 Å². The van der Waals surface area contributed by atoms with E-state index in [2.05, 4.69) is 5.32 Å². The molecule has 2 aromatic rings. The van der Waals surface area contributed by atoms with Gasteiger partial charge in [-0.25, -0.2) is 4.79 Å². The van der Waals surface area contributed by atoms with Crippen LogP contribution in [0.2, 0.25) is 5.02 Å². The predicted molar refractivity (Wildman–Crippen MR) is 86.3 cm³/mol. The lowest BCUT2D eigenvalue weighted by atomic mass is 10.1. The molecule has 0 spiro atoms. The van der Waals surface area contributed by atoms with Gasteiger partial charge in [0.1, 0.15) is 0 Å². The van der Waals surface area contributed by atoms with Gasteiger partial charge in [0.25, 0.3) is 5.91 Å². The highest BCUT2D eigenvalue weighted by atomic mass is 35.5. The van der Waals surface area contributed by atoms with Crippen molar-refractivity contribution in [2.75, 3.05) is 11.9 Å². The van der Waals surface area contributed by atoms with Gasteiger partial charge >= 0.3 is 5.97 Å². The lowest BCUT2D eigenvalue weighted by Crippen LogP contribution is -2.21. The maximum Gasteiger partial charge on any atom is 0.338 e. The van der Waals surface area contributed by atoms with Crippen molar-refractivity contribution in [3.05, 3.63) is 64.2 Å². The van der Waals surface area contributed by atoms with Crippen molar-refractivity contribution in [2.24, 2.45) is 0 Å². The van der Waals surface area contributed by atoms with Gasteiger partial charge in [0, 0.05) is 10.7 Å². The standard InChI is InChI=1S/C17H16ClNO3/c1-11-6-7-15(8-12(11)2)19-16(20)10-22-17(21)13-4-3-5-14(18)9-13/h3-9H,10H2,1-2H3,(H,19,20). The molecule has 1 amide bonds. The number of amides is 1. The van der Waals surface area contributed by atoms with Crippen LogP contribution in [0.15, 0.2) is 42.5 Å². The van der Waals surface area contributed by atoms with Gasteiger partial charge < -0.3 is 10.1 Å². The number of hydrogen-bond donors (Lipinski definition) is 1. The molecule has 2 rings (SSSR count). The van der Waals surface area contributed by atoms with E-state index in [0.717, 1.165) is 11.1 Å². The number of halogens is 1. The molecule has 0 heterocycles. The molecule has 0 saturated carbocycles. The fourth-order valence-corrected chi connectivity index (χ4v) is 2.04. The number of anilines is 1. The topological polar surface area (TPSA) is 55.4 Å². The van der Waals surface area contributed by atoms with E-state index in [1.54, 1.807) is 24.3 Å². The van der Waals surface area contributed by atoms with Crippen LogP contribution in [0.4, 0.5) is 5.69 Å². The summed E-state index contributed by atoms with van der Waals surface area (Å²) in [7, 11) is 0. The summed E-state index contributed by atoms with van der Waals surface area (Å²) in [6, 6.07) is 12.0. The first kappa shape index (κ1) is 16.0. The first-order chi connectivity index (χ1) is 10.5. The quantitative estimate of drug-likeness (QED) is 0.874. The van der Waals surface area contributed by atoms with E-state index < -0.39 is 11.9 Å². The van der Waals surface area contributed by atoms with Crippen molar-refractivity contribution >= 4 is 29.2 Å². The summed E-state index contributed by atoms with van der Waals surface area (Å²) in [5.41, 5.74) is 3.21. The zero-order chi connectivity index (χ0) is 16.1. The summed E-state index contributed by atoms with van der Waals surface area (Å²) >= 11 is 5.80. The van der Waals surface area contributed by atoms with Gasteiger partial charge in [-0.3, -0.25) is 4.79 Å². The molecule has 114 valence electrons. The third-order valence-electron chi connectivity index (χ3n) is 3.19. The van der Waals surface area contributed by atoms with Crippen LogP contribution < -0.4 is 5.32 Å². The van der Waals surface area contributed by atoms with Gasteiger partial charge in [0.15, 0.2) is 6.61 Å². The maximum atomic E-state index is 11.8. The van der Waals surface area contributed by atoms with Crippen molar-refractivity contribution in [1.29, 1.82) is 0 Å². The SMILES string of the molecule is Cc1ccc(NC(=O)COC(=O)c2cccc(Cl)c2)cc1C. The Kier molecular flexibility index (Phi) is 5.17. The summed E-state index contributed by atoms with van der Waals surface area (Å²) in [4.78, 5) is 23.6. The molecule has 22 heavy (non-hydrogen) atoms. The minimum Gasteiger partial charge on any atom is -0.452 e. The molecule has 0 fully saturated rings. The van der Waals surface area contributed by atoms with Crippen LogP contribution in [0.1, 0.15) is 21.5 Å². The molecule has 1 N–H and O–H groups in total. The van der Waals surface area contributed by atoms with Gasteiger partial charge in [0.2, 0.25) is 0 Å². The summed E-state index contributed by atoms with van der Waals surface area (Å²) in [6.07, 6.45) is 0. The fourth-order valence-electron chi connectivity index (χ4n) is 1.85. The normalized spacial score (nSPS) is 10.1. The summed E-state index contributed by atoms with van der Waals surface area (Å²) in [5, 5.41) is 3.12. The molecule has 0 saturated heterocycles. The van der Waals surface area contributed by atoms with Crippen molar-refractivity contribution in [3.63, 3.8) is 0 Å². The minimum atomic E-state index is -0.585. The Morgan fingerprint density at radius 1 is 1.09 bits per heavy atom. The van der Waals surface area contributed by atoms with E-state index in [-0.39, 0.29) is 6.61 Å². The summed E-state index contributed by atoms with van der Waals surface area (Å²) in [6.45, 7) is 3.61. The summed E-state index contributed by atoms with van der Waals surface area (Å²) < 4.78 is 4.96. The molecule has 0 unspecified atom stereocenters. The first-order valence-electron chi connectivity index (χ1n) is 6.75. The van der Waals surface area contributed by atoms with Gasteiger partial charge in [-0.15, -0.1) is 0 Å². The van der Waals surface area contributed by atoms with Crippen LogP contribution in [0, 0.1) is 13.8 Å². The molecule has 2 aromatic carbocycles. The average Bonchev–Trinajstić information content (AvgIpc) is 2.48. The Hall–Kier alpha value is -2.33. The minimum absolute atomic E-state index is 0.312. The van der Waals surface area contributed by atoms with Gasteiger partial charge in [-0.2, -0.15) is 0 Å².